The van der Waals surface area contributed by atoms with Gasteiger partial charge >= 0.3 is 0 Å². The Bertz CT molecular complexity index is 180. The van der Waals surface area contributed by atoms with Crippen molar-refractivity contribution in [1.29, 1.82) is 0 Å². The van der Waals surface area contributed by atoms with Gasteiger partial charge < -0.3 is 0 Å². The van der Waals surface area contributed by atoms with Gasteiger partial charge in [0.05, 0.1) is 0 Å². The maximum absolute atomic E-state index is 2.40. The van der Waals surface area contributed by atoms with Crippen LogP contribution in [-0.4, -0.2) is 0 Å². The van der Waals surface area contributed by atoms with E-state index in [1.54, 1.807) is 5.57 Å². The van der Waals surface area contributed by atoms with Crippen LogP contribution in [0.15, 0.2) is 11.6 Å². The van der Waals surface area contributed by atoms with Crippen LogP contribution in [0.2, 0.25) is 0 Å². The Morgan fingerprint density at radius 3 is 2.20 bits per heavy atom. The first kappa shape index (κ1) is 6.45. The lowest BCUT2D eigenvalue weighted by molar-refractivity contribution is 0.224. The van der Waals surface area contributed by atoms with Crippen molar-refractivity contribution in [3.8, 4) is 0 Å². The molecule has 3 aliphatic rings. The summed E-state index contributed by atoms with van der Waals surface area (Å²) < 4.78 is 0. The van der Waals surface area contributed by atoms with E-state index in [9.17, 15) is 0 Å². The first-order chi connectivity index (χ1) is 4.66. The zero-order valence-electron chi connectivity index (χ0n) is 7.15. The minimum Gasteiger partial charge on any atom is -0.0876 e. The van der Waals surface area contributed by atoms with Gasteiger partial charge in [-0.05, 0) is 37.0 Å². The van der Waals surface area contributed by atoms with E-state index in [1.807, 2.05) is 0 Å². The van der Waals surface area contributed by atoms with Gasteiger partial charge in [0.15, 0.2) is 0 Å². The molecule has 0 heterocycles. The fourth-order valence-electron chi connectivity index (χ4n) is 2.83. The number of fused-ring (bicyclic) bond motifs is 1. The maximum Gasteiger partial charge on any atom is -0.0113 e. The lowest BCUT2D eigenvalue weighted by Crippen LogP contribution is -2.18. The predicted octanol–water partition coefficient (Wildman–Crippen LogP) is 3.00. The second-order valence-corrected chi connectivity index (χ2v) is 4.33. The molecule has 0 N–H and O–H groups in total. The average molecular weight is 136 g/mol. The maximum atomic E-state index is 2.40. The molecular weight excluding hydrogens is 120 g/mol. The van der Waals surface area contributed by atoms with E-state index in [-0.39, 0.29) is 0 Å². The molecule has 0 heteroatoms. The van der Waals surface area contributed by atoms with Crippen molar-refractivity contribution in [1.82, 2.24) is 0 Å². The lowest BCUT2D eigenvalue weighted by Gasteiger charge is -2.27. The van der Waals surface area contributed by atoms with E-state index in [2.05, 4.69) is 26.8 Å². The lowest BCUT2D eigenvalue weighted by atomic mass is 9.77. The highest BCUT2D eigenvalue weighted by Gasteiger charge is 2.52. The van der Waals surface area contributed by atoms with E-state index in [0.717, 1.165) is 11.8 Å². The third-order valence-corrected chi connectivity index (χ3v) is 3.65. The third-order valence-electron chi connectivity index (χ3n) is 3.65. The van der Waals surface area contributed by atoms with Crippen LogP contribution in [0.25, 0.3) is 0 Å². The van der Waals surface area contributed by atoms with Crippen molar-refractivity contribution in [3.05, 3.63) is 11.6 Å². The van der Waals surface area contributed by atoms with Gasteiger partial charge in [-0.2, -0.15) is 0 Å². The summed E-state index contributed by atoms with van der Waals surface area (Å²) in [7, 11) is 0. The molecule has 0 aliphatic heterocycles. The van der Waals surface area contributed by atoms with Crippen LogP contribution in [0, 0.1) is 17.3 Å². The Hall–Kier alpha value is -0.260. The Morgan fingerprint density at radius 1 is 1.40 bits per heavy atom. The molecule has 0 saturated heterocycles. The molecule has 10 heavy (non-hydrogen) atoms. The Balaban J connectivity index is 2.37. The van der Waals surface area contributed by atoms with Crippen molar-refractivity contribution in [2.24, 2.45) is 17.3 Å². The van der Waals surface area contributed by atoms with Crippen LogP contribution < -0.4 is 0 Å². The Morgan fingerprint density at radius 2 is 2.00 bits per heavy atom. The molecule has 0 atom stereocenters. The van der Waals surface area contributed by atoms with Crippen LogP contribution in [0.5, 0.6) is 0 Å². The van der Waals surface area contributed by atoms with Crippen molar-refractivity contribution in [2.45, 2.75) is 33.6 Å². The molecule has 3 aliphatic carbocycles. The van der Waals surface area contributed by atoms with Crippen LogP contribution in [-0.2, 0) is 0 Å². The summed E-state index contributed by atoms with van der Waals surface area (Å²) in [6.07, 6.45) is 5.30. The monoisotopic (exact) mass is 136 g/mol. The summed E-state index contributed by atoms with van der Waals surface area (Å²) in [5.41, 5.74) is 2.29. The van der Waals surface area contributed by atoms with Crippen LogP contribution >= 0.6 is 0 Å². The molecule has 3 saturated carbocycles. The van der Waals surface area contributed by atoms with Gasteiger partial charge in [-0.25, -0.2) is 0 Å². The van der Waals surface area contributed by atoms with Crippen LogP contribution in [0.1, 0.15) is 33.6 Å². The molecule has 0 amide bonds. The van der Waals surface area contributed by atoms with E-state index < -0.39 is 0 Å². The molecule has 0 aromatic carbocycles. The smallest absolute Gasteiger partial charge is 0.0113 e. The predicted molar refractivity (Wildman–Crippen MR) is 43.8 cm³/mol. The summed E-state index contributed by atoms with van der Waals surface area (Å²) in [5.74, 6) is 1.99. The molecule has 2 bridgehead atoms. The molecule has 0 nitrogen and oxygen atoms in total. The minimum atomic E-state index is 0.555. The summed E-state index contributed by atoms with van der Waals surface area (Å²) in [6.45, 7) is 7.00. The number of hydrogen-bond acceptors (Lipinski definition) is 0. The topological polar surface area (TPSA) is 0 Å². The minimum absolute atomic E-state index is 0.555. The Labute approximate surface area is 63.3 Å². The van der Waals surface area contributed by atoms with Crippen LogP contribution in [0.4, 0.5) is 0 Å². The van der Waals surface area contributed by atoms with Gasteiger partial charge in [0.2, 0.25) is 0 Å². The van der Waals surface area contributed by atoms with Crippen molar-refractivity contribution in [3.63, 3.8) is 0 Å². The number of rotatable bonds is 0. The SMILES string of the molecule is C/C=C1/C2CC(C2)C1(C)C. The van der Waals surface area contributed by atoms with Crippen molar-refractivity contribution >= 4 is 0 Å². The molecule has 0 aromatic heterocycles. The third kappa shape index (κ3) is 0.531. The number of allylic oxidation sites excluding steroid dienone is 2. The molecule has 56 valence electrons. The highest BCUT2D eigenvalue weighted by atomic mass is 14.6. The molecular formula is C10H16. The van der Waals surface area contributed by atoms with Gasteiger partial charge in [0.25, 0.3) is 0 Å². The molecule has 0 unspecified atom stereocenters. The van der Waals surface area contributed by atoms with Gasteiger partial charge in [0, 0.05) is 0 Å². The second kappa shape index (κ2) is 1.66. The van der Waals surface area contributed by atoms with Crippen LogP contribution in [0.3, 0.4) is 0 Å². The van der Waals surface area contributed by atoms with Crippen molar-refractivity contribution in [2.75, 3.05) is 0 Å². The van der Waals surface area contributed by atoms with E-state index in [1.165, 1.54) is 12.8 Å². The molecule has 0 spiro atoms. The molecule has 0 radical (unpaired) electrons. The molecule has 0 aromatic rings. The molecule has 3 fully saturated rings. The standard InChI is InChI=1S/C10H16/c1-4-9-7-5-8(6-7)10(9,2)3/h4,7-8H,5-6H2,1-3H3/b9-4-. The number of hydrogen-bond donors (Lipinski definition) is 0. The normalized spacial score (nSPS) is 45.7. The summed E-state index contributed by atoms with van der Waals surface area (Å²) in [5, 5.41) is 0. The average Bonchev–Trinajstić information content (AvgIpc) is 2.09. The zero-order valence-corrected chi connectivity index (χ0v) is 7.15. The first-order valence-corrected chi connectivity index (χ1v) is 4.33. The summed E-state index contributed by atoms with van der Waals surface area (Å²) in [6, 6.07) is 0. The fourth-order valence-corrected chi connectivity index (χ4v) is 2.83. The summed E-state index contributed by atoms with van der Waals surface area (Å²) in [4.78, 5) is 0. The van der Waals surface area contributed by atoms with E-state index in [0.29, 0.717) is 5.41 Å². The largest absolute Gasteiger partial charge is 0.0876 e. The highest BCUT2D eigenvalue weighted by Crippen LogP contribution is 2.62. The first-order valence-electron chi connectivity index (χ1n) is 4.33. The second-order valence-electron chi connectivity index (χ2n) is 4.33. The van der Waals surface area contributed by atoms with E-state index >= 15 is 0 Å². The van der Waals surface area contributed by atoms with E-state index in [4.69, 9.17) is 0 Å². The quantitative estimate of drug-likeness (QED) is 0.449. The van der Waals surface area contributed by atoms with Gasteiger partial charge in [0.1, 0.15) is 0 Å². The fraction of sp³-hybridized carbons (Fsp3) is 0.800. The zero-order chi connectivity index (χ0) is 7.35. The van der Waals surface area contributed by atoms with Gasteiger partial charge in [-0.1, -0.05) is 25.5 Å². The Kier molecular flexibility index (Phi) is 1.07. The molecule has 3 rings (SSSR count). The highest BCUT2D eigenvalue weighted by molar-refractivity contribution is 5.28. The van der Waals surface area contributed by atoms with Crippen molar-refractivity contribution < 1.29 is 0 Å². The van der Waals surface area contributed by atoms with Gasteiger partial charge in [-0.3, -0.25) is 0 Å². The van der Waals surface area contributed by atoms with Gasteiger partial charge in [-0.15, -0.1) is 0 Å². The summed E-state index contributed by atoms with van der Waals surface area (Å²) >= 11 is 0.